The molecule has 0 aromatic heterocycles. The number of benzene rings is 1. The summed E-state index contributed by atoms with van der Waals surface area (Å²) >= 11 is 0. The summed E-state index contributed by atoms with van der Waals surface area (Å²) in [6, 6.07) is 5.97. The molecule has 2 rings (SSSR count). The van der Waals surface area contributed by atoms with Crippen molar-refractivity contribution in [2.75, 3.05) is 13.2 Å². The molecule has 1 aromatic carbocycles. The Labute approximate surface area is 82.9 Å². The van der Waals surface area contributed by atoms with Crippen LogP contribution in [0.3, 0.4) is 0 Å². The number of hydrogen-bond acceptors (Lipinski definition) is 2. The summed E-state index contributed by atoms with van der Waals surface area (Å²) in [5.74, 6) is 0.857. The third-order valence-corrected chi connectivity index (χ3v) is 2.20. The molecule has 0 saturated carbocycles. The third kappa shape index (κ3) is 1.55. The number of rotatable bonds is 3. The molecule has 0 aliphatic carbocycles. The summed E-state index contributed by atoms with van der Waals surface area (Å²) < 4.78 is 9.66. The van der Waals surface area contributed by atoms with Crippen LogP contribution in [0.15, 0.2) is 18.2 Å². The largest absolute Gasteiger partial charge is 0.492 e. The molecule has 1 aliphatic rings. The molecule has 14 heavy (non-hydrogen) atoms. The van der Waals surface area contributed by atoms with Crippen molar-refractivity contribution in [3.63, 3.8) is 0 Å². The number of nitrogens with zero attached hydrogens (tertiary/aromatic N) is 1. The molecule has 0 saturated heterocycles. The van der Waals surface area contributed by atoms with E-state index in [1.54, 1.807) is 0 Å². The van der Waals surface area contributed by atoms with E-state index < -0.39 is 0 Å². The molecule has 1 aromatic rings. The first-order valence-electron chi connectivity index (χ1n) is 4.66. The van der Waals surface area contributed by atoms with E-state index in [2.05, 4.69) is 4.67 Å². The summed E-state index contributed by atoms with van der Waals surface area (Å²) in [5.41, 5.74) is 8.72. The van der Waals surface area contributed by atoms with Crippen molar-refractivity contribution in [1.29, 1.82) is 0 Å². The van der Waals surface area contributed by atoms with Gasteiger partial charge in [0, 0.05) is 13.5 Å². The molecule has 3 nitrogen and oxygen atoms in total. The monoisotopic (exact) mass is 189 g/mol. The molecule has 1 aliphatic heterocycles. The number of hydrogen-bond donors (Lipinski definition) is 1. The first kappa shape index (κ1) is 9.00. The van der Waals surface area contributed by atoms with Crippen molar-refractivity contribution in [3.8, 4) is 5.75 Å². The average Bonchev–Trinajstić information content (AvgIpc) is 2.57. The van der Waals surface area contributed by atoms with Crippen LogP contribution < -0.4 is 15.1 Å². The fourth-order valence-corrected chi connectivity index (χ4v) is 1.48. The maximum Gasteiger partial charge on any atom is 0.308 e. The van der Waals surface area contributed by atoms with Gasteiger partial charge >= 0.3 is 11.9 Å². The van der Waals surface area contributed by atoms with Crippen LogP contribution in [-0.4, -0.2) is 25.1 Å². The minimum Gasteiger partial charge on any atom is -0.492 e. The Bertz CT molecular complexity index is 417. The van der Waals surface area contributed by atoms with Crippen LogP contribution in [0.1, 0.15) is 18.1 Å². The summed E-state index contributed by atoms with van der Waals surface area (Å²) in [4.78, 5) is 0. The molecule has 0 radical (unpaired) electrons. The number of fused-ring (bicyclic) bond motifs is 1. The predicted octanol–water partition coefficient (Wildman–Crippen LogP) is 0.333. The highest BCUT2D eigenvalue weighted by Crippen LogP contribution is 2.18. The van der Waals surface area contributed by atoms with Crippen LogP contribution in [0.2, 0.25) is 0 Å². The van der Waals surface area contributed by atoms with Crippen molar-refractivity contribution in [2.45, 2.75) is 6.92 Å². The molecule has 2 N–H and O–H groups in total. The van der Waals surface area contributed by atoms with Gasteiger partial charge in [0.05, 0.1) is 11.1 Å². The van der Waals surface area contributed by atoms with Crippen LogP contribution >= 0.6 is 0 Å². The van der Waals surface area contributed by atoms with Gasteiger partial charge in [0.2, 0.25) is 0 Å². The van der Waals surface area contributed by atoms with Crippen molar-refractivity contribution < 1.29 is 4.74 Å². The molecular weight excluding hydrogens is 176 g/mol. The Kier molecular flexibility index (Phi) is 2.35. The van der Waals surface area contributed by atoms with Gasteiger partial charge in [0.25, 0.3) is 0 Å². The highest BCUT2D eigenvalue weighted by Gasteiger charge is 2.19. The Hall–Kier alpha value is -1.57. The van der Waals surface area contributed by atoms with Gasteiger partial charge in [0.15, 0.2) is 0 Å². The van der Waals surface area contributed by atoms with Crippen molar-refractivity contribution in [3.05, 3.63) is 29.3 Å². The first-order chi connectivity index (χ1) is 6.81. The average molecular weight is 189 g/mol. The normalized spacial score (nSPS) is 12.6. The fraction of sp³-hybridized carbons (Fsp3) is 0.273. The zero-order valence-electron chi connectivity index (χ0n) is 8.16. The maximum atomic E-state index is 5.42. The Morgan fingerprint density at radius 3 is 3.07 bits per heavy atom. The van der Waals surface area contributed by atoms with E-state index in [9.17, 15) is 0 Å². The SMILES string of the molecule is CC1=[N+]=Cc2cc(OCCN)ccc21. The van der Waals surface area contributed by atoms with Crippen LogP contribution in [0.5, 0.6) is 5.75 Å². The van der Waals surface area contributed by atoms with Crippen LogP contribution in [0, 0.1) is 0 Å². The molecule has 3 heteroatoms. The lowest BCUT2D eigenvalue weighted by Crippen LogP contribution is -2.10. The molecule has 0 atom stereocenters. The van der Waals surface area contributed by atoms with Crippen molar-refractivity contribution in [1.82, 2.24) is 4.67 Å². The Balaban J connectivity index is 2.22. The lowest BCUT2D eigenvalue weighted by atomic mass is 10.1. The predicted molar refractivity (Wildman–Crippen MR) is 58.1 cm³/mol. The van der Waals surface area contributed by atoms with E-state index >= 15 is 0 Å². The molecule has 0 unspecified atom stereocenters. The second-order valence-electron chi connectivity index (χ2n) is 3.23. The van der Waals surface area contributed by atoms with Crippen molar-refractivity contribution >= 4 is 11.9 Å². The molecular formula is C11H13N2O+. The van der Waals surface area contributed by atoms with Gasteiger partial charge in [-0.25, -0.2) is 0 Å². The van der Waals surface area contributed by atoms with Gasteiger partial charge in [-0.1, -0.05) is 4.67 Å². The van der Waals surface area contributed by atoms with E-state index in [0.717, 1.165) is 17.0 Å². The fourth-order valence-electron chi connectivity index (χ4n) is 1.48. The number of nitrogens with two attached hydrogens (primary N) is 1. The smallest absolute Gasteiger partial charge is 0.308 e. The summed E-state index contributed by atoms with van der Waals surface area (Å²) in [5, 5.41) is 0. The van der Waals surface area contributed by atoms with Crippen LogP contribution in [0.4, 0.5) is 0 Å². The highest BCUT2D eigenvalue weighted by molar-refractivity contribution is 6.10. The lowest BCUT2D eigenvalue weighted by Gasteiger charge is -2.04. The summed E-state index contributed by atoms with van der Waals surface area (Å²) in [7, 11) is 0. The summed E-state index contributed by atoms with van der Waals surface area (Å²) in [6.45, 7) is 3.09. The maximum absolute atomic E-state index is 5.42. The standard InChI is InChI=1S/C11H13N2O/c1-8-11-3-2-10(14-5-4-12)6-9(11)7-13-8/h2-3,6-7H,4-5,12H2,1H3/q+1. The van der Waals surface area contributed by atoms with E-state index in [-0.39, 0.29) is 0 Å². The topological polar surface area (TPSA) is 49.4 Å². The summed E-state index contributed by atoms with van der Waals surface area (Å²) in [6.07, 6.45) is 1.86. The molecule has 0 bridgehead atoms. The van der Waals surface area contributed by atoms with Gasteiger partial charge < -0.3 is 10.5 Å². The Morgan fingerprint density at radius 1 is 1.43 bits per heavy atom. The van der Waals surface area contributed by atoms with Gasteiger partial charge in [-0.3, -0.25) is 0 Å². The Morgan fingerprint density at radius 2 is 2.29 bits per heavy atom. The zero-order valence-corrected chi connectivity index (χ0v) is 8.16. The lowest BCUT2D eigenvalue weighted by molar-refractivity contribution is 0.328. The first-order valence-corrected chi connectivity index (χ1v) is 4.66. The van der Waals surface area contributed by atoms with Crippen molar-refractivity contribution in [2.24, 2.45) is 5.73 Å². The second-order valence-corrected chi connectivity index (χ2v) is 3.23. The molecule has 0 amide bonds. The molecule has 1 heterocycles. The molecule has 0 spiro atoms. The van der Waals surface area contributed by atoms with Gasteiger partial charge in [-0.15, -0.1) is 0 Å². The molecule has 72 valence electrons. The minimum atomic E-state index is 0.538. The molecule has 0 fully saturated rings. The van der Waals surface area contributed by atoms with Crippen LogP contribution in [-0.2, 0) is 0 Å². The van der Waals surface area contributed by atoms with Gasteiger partial charge in [-0.2, -0.15) is 0 Å². The quantitative estimate of drug-likeness (QED) is 0.697. The third-order valence-electron chi connectivity index (χ3n) is 2.20. The van der Waals surface area contributed by atoms with E-state index in [0.29, 0.717) is 13.2 Å². The number of ether oxygens (including phenoxy) is 1. The van der Waals surface area contributed by atoms with Gasteiger partial charge in [-0.05, 0) is 18.2 Å². The van der Waals surface area contributed by atoms with Gasteiger partial charge in [0.1, 0.15) is 12.4 Å². The van der Waals surface area contributed by atoms with E-state index in [4.69, 9.17) is 10.5 Å². The highest BCUT2D eigenvalue weighted by atomic mass is 16.5. The van der Waals surface area contributed by atoms with Crippen LogP contribution in [0.25, 0.3) is 0 Å². The second kappa shape index (κ2) is 3.66. The van der Waals surface area contributed by atoms with E-state index in [1.807, 2.05) is 31.3 Å². The zero-order chi connectivity index (χ0) is 9.97. The van der Waals surface area contributed by atoms with E-state index in [1.165, 1.54) is 5.56 Å². The minimum absolute atomic E-state index is 0.538.